The summed E-state index contributed by atoms with van der Waals surface area (Å²) in [5, 5.41) is 3.48. The topological polar surface area (TPSA) is 12.0 Å². The van der Waals surface area contributed by atoms with E-state index in [1.165, 1.54) is 6.07 Å². The van der Waals surface area contributed by atoms with Gasteiger partial charge in [-0.1, -0.05) is 55.6 Å². The van der Waals surface area contributed by atoms with Crippen LogP contribution in [0.5, 0.6) is 0 Å². The highest BCUT2D eigenvalue weighted by molar-refractivity contribution is 9.11. The minimum Gasteiger partial charge on any atom is -0.375 e. The van der Waals surface area contributed by atoms with E-state index in [0.29, 0.717) is 10.7 Å². The third-order valence-corrected chi connectivity index (χ3v) is 4.25. The zero-order valence-corrected chi connectivity index (χ0v) is 14.0. The number of benzene rings is 2. The summed E-state index contributed by atoms with van der Waals surface area (Å²) in [7, 11) is 0. The molecule has 0 fully saturated rings. The molecule has 2 rings (SSSR count). The summed E-state index contributed by atoms with van der Waals surface area (Å²) in [6, 6.07) is 10.4. The van der Waals surface area contributed by atoms with Crippen LogP contribution in [0, 0.1) is 5.82 Å². The van der Waals surface area contributed by atoms with Crippen LogP contribution in [0.25, 0.3) is 0 Å². The first-order chi connectivity index (χ1) is 8.99. The maximum atomic E-state index is 13.7. The van der Waals surface area contributed by atoms with Gasteiger partial charge in [-0.25, -0.2) is 4.39 Å². The van der Waals surface area contributed by atoms with Crippen molar-refractivity contribution >= 4 is 49.1 Å². The first kappa shape index (κ1) is 14.8. The van der Waals surface area contributed by atoms with Crippen molar-refractivity contribution in [1.29, 1.82) is 0 Å². The van der Waals surface area contributed by atoms with E-state index < -0.39 is 0 Å². The number of hydrogen-bond acceptors (Lipinski definition) is 1. The van der Waals surface area contributed by atoms with Gasteiger partial charge in [0.2, 0.25) is 0 Å². The standard InChI is InChI=1S/C14H11Br2ClFN/c1-8(10-6-5-9(15)7-11(10)16)19-14-12(17)3-2-4-13(14)18/h2-8,19H,1H3. The normalized spacial score (nSPS) is 12.3. The highest BCUT2D eigenvalue weighted by Crippen LogP contribution is 2.32. The summed E-state index contributed by atoms with van der Waals surface area (Å²) in [6.45, 7) is 1.96. The molecule has 0 heterocycles. The summed E-state index contributed by atoms with van der Waals surface area (Å²) >= 11 is 12.9. The predicted octanol–water partition coefficient (Wildman–Crippen LogP) is 6.18. The van der Waals surface area contributed by atoms with Gasteiger partial charge in [-0.15, -0.1) is 0 Å². The molecule has 0 amide bonds. The molecule has 0 saturated carbocycles. The molecular formula is C14H11Br2ClFN. The molecule has 19 heavy (non-hydrogen) atoms. The Morgan fingerprint density at radius 1 is 1.21 bits per heavy atom. The SMILES string of the molecule is CC(Nc1c(F)cccc1Cl)c1ccc(Br)cc1Br. The first-order valence-electron chi connectivity index (χ1n) is 5.64. The Labute approximate surface area is 133 Å². The molecule has 1 atom stereocenters. The lowest BCUT2D eigenvalue weighted by Crippen LogP contribution is -2.09. The molecule has 2 aromatic carbocycles. The van der Waals surface area contributed by atoms with E-state index in [-0.39, 0.29) is 11.9 Å². The molecule has 100 valence electrons. The van der Waals surface area contributed by atoms with Crippen LogP contribution in [0.4, 0.5) is 10.1 Å². The monoisotopic (exact) mass is 405 g/mol. The van der Waals surface area contributed by atoms with Crippen LogP contribution in [-0.2, 0) is 0 Å². The fourth-order valence-electron chi connectivity index (χ4n) is 1.78. The van der Waals surface area contributed by atoms with Crippen LogP contribution in [0.15, 0.2) is 45.3 Å². The van der Waals surface area contributed by atoms with Crippen molar-refractivity contribution in [2.45, 2.75) is 13.0 Å². The van der Waals surface area contributed by atoms with Crippen LogP contribution in [0.3, 0.4) is 0 Å². The molecule has 0 aliphatic rings. The van der Waals surface area contributed by atoms with E-state index in [4.69, 9.17) is 11.6 Å². The van der Waals surface area contributed by atoms with Gasteiger partial charge in [0.15, 0.2) is 0 Å². The van der Waals surface area contributed by atoms with Crippen LogP contribution in [0.2, 0.25) is 5.02 Å². The lowest BCUT2D eigenvalue weighted by atomic mass is 10.1. The molecule has 0 aromatic heterocycles. The third kappa shape index (κ3) is 3.50. The predicted molar refractivity (Wildman–Crippen MR) is 85.3 cm³/mol. The van der Waals surface area contributed by atoms with Crippen LogP contribution >= 0.6 is 43.5 Å². The zero-order valence-electron chi connectivity index (χ0n) is 10.1. The average Bonchev–Trinajstić information content (AvgIpc) is 2.33. The van der Waals surface area contributed by atoms with Crippen molar-refractivity contribution in [3.63, 3.8) is 0 Å². The lowest BCUT2D eigenvalue weighted by Gasteiger charge is -2.18. The molecule has 1 nitrogen and oxygen atoms in total. The van der Waals surface area contributed by atoms with E-state index >= 15 is 0 Å². The van der Waals surface area contributed by atoms with E-state index in [1.807, 2.05) is 25.1 Å². The fraction of sp³-hybridized carbons (Fsp3) is 0.143. The van der Waals surface area contributed by atoms with Crippen molar-refractivity contribution in [2.75, 3.05) is 5.32 Å². The molecule has 5 heteroatoms. The van der Waals surface area contributed by atoms with Gasteiger partial charge < -0.3 is 5.32 Å². The summed E-state index contributed by atoms with van der Waals surface area (Å²) in [5.74, 6) is -0.354. The molecule has 0 spiro atoms. The Hall–Kier alpha value is -0.580. The molecule has 1 unspecified atom stereocenters. The minimum absolute atomic E-state index is 0.0723. The Bertz CT molecular complexity index is 584. The number of anilines is 1. The van der Waals surface area contributed by atoms with Crippen LogP contribution < -0.4 is 5.32 Å². The van der Waals surface area contributed by atoms with Crippen molar-refractivity contribution < 1.29 is 4.39 Å². The Kier molecular flexibility index (Phi) is 4.87. The van der Waals surface area contributed by atoms with Gasteiger partial charge in [0, 0.05) is 15.0 Å². The van der Waals surface area contributed by atoms with Gasteiger partial charge in [0.1, 0.15) is 5.82 Å². The zero-order chi connectivity index (χ0) is 14.0. The van der Waals surface area contributed by atoms with Gasteiger partial charge in [-0.3, -0.25) is 0 Å². The summed E-state index contributed by atoms with van der Waals surface area (Å²) in [6.07, 6.45) is 0. The van der Waals surface area contributed by atoms with Crippen molar-refractivity contribution in [1.82, 2.24) is 0 Å². The van der Waals surface area contributed by atoms with Gasteiger partial charge in [-0.05, 0) is 36.8 Å². The largest absolute Gasteiger partial charge is 0.375 e. The third-order valence-electron chi connectivity index (χ3n) is 2.75. The van der Waals surface area contributed by atoms with Crippen molar-refractivity contribution in [2.24, 2.45) is 0 Å². The molecule has 0 aliphatic carbocycles. The summed E-state index contributed by atoms with van der Waals surface area (Å²) in [5.41, 5.74) is 1.36. The van der Waals surface area contributed by atoms with Gasteiger partial charge in [-0.2, -0.15) is 0 Å². The summed E-state index contributed by atoms with van der Waals surface area (Å²) < 4.78 is 15.7. The van der Waals surface area contributed by atoms with Crippen LogP contribution in [-0.4, -0.2) is 0 Å². The Balaban J connectivity index is 2.28. The molecule has 0 aliphatic heterocycles. The van der Waals surface area contributed by atoms with Crippen LogP contribution in [0.1, 0.15) is 18.5 Å². The van der Waals surface area contributed by atoms with E-state index in [0.717, 1.165) is 14.5 Å². The number of hydrogen-bond donors (Lipinski definition) is 1. The smallest absolute Gasteiger partial charge is 0.147 e. The van der Waals surface area contributed by atoms with E-state index in [1.54, 1.807) is 12.1 Å². The second kappa shape index (κ2) is 6.25. The highest BCUT2D eigenvalue weighted by atomic mass is 79.9. The average molecular weight is 408 g/mol. The quantitative estimate of drug-likeness (QED) is 0.641. The number of rotatable bonds is 3. The number of halogens is 4. The number of para-hydroxylation sites is 1. The minimum atomic E-state index is -0.354. The second-order valence-electron chi connectivity index (χ2n) is 4.13. The van der Waals surface area contributed by atoms with Gasteiger partial charge in [0.05, 0.1) is 10.7 Å². The second-order valence-corrected chi connectivity index (χ2v) is 6.31. The maximum Gasteiger partial charge on any atom is 0.147 e. The molecule has 0 bridgehead atoms. The Morgan fingerprint density at radius 2 is 1.95 bits per heavy atom. The number of nitrogens with one attached hydrogen (secondary N) is 1. The Morgan fingerprint density at radius 3 is 2.58 bits per heavy atom. The summed E-state index contributed by atoms with van der Waals surface area (Å²) in [4.78, 5) is 0. The highest BCUT2D eigenvalue weighted by Gasteiger charge is 2.13. The molecule has 0 radical (unpaired) electrons. The van der Waals surface area contributed by atoms with Gasteiger partial charge >= 0.3 is 0 Å². The molecule has 2 aromatic rings. The lowest BCUT2D eigenvalue weighted by molar-refractivity contribution is 0.627. The van der Waals surface area contributed by atoms with Crippen molar-refractivity contribution in [3.8, 4) is 0 Å². The molecular weight excluding hydrogens is 396 g/mol. The van der Waals surface area contributed by atoms with Crippen molar-refractivity contribution in [3.05, 3.63) is 61.7 Å². The van der Waals surface area contributed by atoms with E-state index in [2.05, 4.69) is 37.2 Å². The van der Waals surface area contributed by atoms with E-state index in [9.17, 15) is 4.39 Å². The fourth-order valence-corrected chi connectivity index (χ4v) is 3.39. The van der Waals surface area contributed by atoms with Gasteiger partial charge in [0.25, 0.3) is 0 Å². The maximum absolute atomic E-state index is 13.7. The first-order valence-corrected chi connectivity index (χ1v) is 7.61. The molecule has 1 N–H and O–H groups in total. The molecule has 0 saturated heterocycles.